The highest BCUT2D eigenvalue weighted by molar-refractivity contribution is 5.80. The number of carbonyl (C=O) groups is 2. The van der Waals surface area contributed by atoms with Crippen LogP contribution < -0.4 is 10.6 Å². The Hall–Kier alpha value is -2.74. The van der Waals surface area contributed by atoms with Crippen molar-refractivity contribution in [1.82, 2.24) is 19.9 Å². The summed E-state index contributed by atoms with van der Waals surface area (Å²) < 4.78 is 1.98. The molecule has 35 heavy (non-hydrogen) atoms. The molecule has 8 heteroatoms. The second-order valence-corrected chi connectivity index (χ2v) is 11.9. The number of fused-ring (bicyclic) bond motifs is 3. The van der Waals surface area contributed by atoms with Gasteiger partial charge in [-0.3, -0.25) is 9.59 Å². The normalized spacial score (nSPS) is 27.2. The van der Waals surface area contributed by atoms with Crippen LogP contribution in [-0.4, -0.2) is 63.9 Å². The highest BCUT2D eigenvalue weighted by Crippen LogP contribution is 2.31. The van der Waals surface area contributed by atoms with Crippen LogP contribution in [0.3, 0.4) is 0 Å². The lowest BCUT2D eigenvalue weighted by Gasteiger charge is -2.47. The summed E-state index contributed by atoms with van der Waals surface area (Å²) in [5.74, 6) is 0.518. The van der Waals surface area contributed by atoms with Crippen LogP contribution in [0.2, 0.25) is 0 Å². The van der Waals surface area contributed by atoms with Crippen molar-refractivity contribution in [3.8, 4) is 11.3 Å². The number of nitrogens with one attached hydrogen (secondary N) is 1. The number of benzene rings is 1. The standard InChI is InChI=1S/C27H38N6O2/c1-27(2,3)21-6-4-18(5-7-21)24-17-33(30-29-24)15-22-14-20-10-13-32(22)16-23(20)26(35)31-11-8-19(9-12-31)25(28)34/h4-7,17,19-20,22-23H,8-16H2,1-3H3,(H2,28,34)/p+1/t20-,22-,23+/m1/s1. The fraction of sp³-hybridized carbons (Fsp3) is 0.630. The summed E-state index contributed by atoms with van der Waals surface area (Å²) in [6, 6.07) is 9.09. The number of aromatic nitrogens is 3. The van der Waals surface area contributed by atoms with Gasteiger partial charge in [-0.15, -0.1) is 5.10 Å². The maximum absolute atomic E-state index is 13.3. The van der Waals surface area contributed by atoms with E-state index in [-0.39, 0.29) is 29.1 Å². The number of primary amides is 1. The fourth-order valence-electron chi connectivity index (χ4n) is 6.31. The molecule has 1 aromatic heterocycles. The molecule has 3 N–H and O–H groups in total. The first-order chi connectivity index (χ1) is 16.7. The number of quaternary nitrogens is 1. The summed E-state index contributed by atoms with van der Waals surface area (Å²) in [7, 11) is 0. The predicted molar refractivity (Wildman–Crippen MR) is 133 cm³/mol. The second-order valence-electron chi connectivity index (χ2n) is 11.9. The van der Waals surface area contributed by atoms with Crippen LogP contribution >= 0.6 is 0 Å². The second kappa shape index (κ2) is 9.37. The molecule has 2 amide bonds. The Balaban J connectivity index is 1.19. The van der Waals surface area contributed by atoms with E-state index in [4.69, 9.17) is 5.73 Å². The van der Waals surface area contributed by atoms with E-state index in [1.807, 2.05) is 9.58 Å². The highest BCUT2D eigenvalue weighted by atomic mass is 16.2. The van der Waals surface area contributed by atoms with E-state index >= 15 is 0 Å². The minimum Gasteiger partial charge on any atom is -0.369 e. The van der Waals surface area contributed by atoms with Crippen LogP contribution in [-0.2, 0) is 21.5 Å². The largest absolute Gasteiger partial charge is 0.369 e. The van der Waals surface area contributed by atoms with Crippen LogP contribution in [0.5, 0.6) is 0 Å². The third-order valence-electron chi connectivity index (χ3n) is 8.57. The van der Waals surface area contributed by atoms with E-state index in [2.05, 4.69) is 61.5 Å². The smallest absolute Gasteiger partial charge is 0.231 e. The third-order valence-corrected chi connectivity index (χ3v) is 8.57. The van der Waals surface area contributed by atoms with Crippen molar-refractivity contribution in [2.75, 3.05) is 26.2 Å². The first kappa shape index (κ1) is 24.0. The van der Waals surface area contributed by atoms with Crippen molar-refractivity contribution in [3.05, 3.63) is 36.0 Å². The number of nitrogens with zero attached hydrogens (tertiary/aromatic N) is 4. The average molecular weight is 480 g/mol. The molecule has 0 aliphatic carbocycles. The highest BCUT2D eigenvalue weighted by Gasteiger charge is 2.48. The van der Waals surface area contributed by atoms with Crippen molar-refractivity contribution in [2.24, 2.45) is 23.5 Å². The molecule has 4 aliphatic heterocycles. The molecule has 8 nitrogen and oxygen atoms in total. The zero-order chi connectivity index (χ0) is 24.7. The van der Waals surface area contributed by atoms with Crippen molar-refractivity contribution in [3.63, 3.8) is 0 Å². The molecule has 188 valence electrons. The maximum atomic E-state index is 13.3. The Morgan fingerprint density at radius 3 is 2.43 bits per heavy atom. The Bertz CT molecular complexity index is 1060. The fourth-order valence-corrected chi connectivity index (χ4v) is 6.31. The molecule has 5 heterocycles. The maximum Gasteiger partial charge on any atom is 0.231 e. The zero-order valence-electron chi connectivity index (χ0n) is 21.2. The lowest BCUT2D eigenvalue weighted by atomic mass is 9.74. The van der Waals surface area contributed by atoms with Gasteiger partial charge in [-0.25, -0.2) is 4.68 Å². The van der Waals surface area contributed by atoms with Gasteiger partial charge in [-0.1, -0.05) is 50.3 Å². The van der Waals surface area contributed by atoms with Gasteiger partial charge in [0.2, 0.25) is 11.8 Å². The molecule has 1 aromatic carbocycles. The van der Waals surface area contributed by atoms with Crippen LogP contribution in [0.25, 0.3) is 11.3 Å². The van der Waals surface area contributed by atoms with Gasteiger partial charge in [-0.05, 0) is 29.7 Å². The van der Waals surface area contributed by atoms with Crippen molar-refractivity contribution >= 4 is 11.8 Å². The summed E-state index contributed by atoms with van der Waals surface area (Å²) in [6.07, 6.45) is 5.62. The summed E-state index contributed by atoms with van der Waals surface area (Å²) in [6.45, 7) is 10.8. The summed E-state index contributed by atoms with van der Waals surface area (Å²) >= 11 is 0. The van der Waals surface area contributed by atoms with Crippen LogP contribution in [0.1, 0.15) is 52.0 Å². The molecule has 4 saturated heterocycles. The van der Waals surface area contributed by atoms with E-state index in [1.165, 1.54) is 10.5 Å². The van der Waals surface area contributed by atoms with Crippen molar-refractivity contribution in [2.45, 2.75) is 64.5 Å². The van der Waals surface area contributed by atoms with Gasteiger partial charge in [0.25, 0.3) is 0 Å². The molecular formula is C27H39N6O2+. The number of carbonyl (C=O) groups excluding carboxylic acids is 2. The number of hydrogen-bond acceptors (Lipinski definition) is 4. The molecule has 4 fully saturated rings. The molecule has 4 aliphatic rings. The monoisotopic (exact) mass is 479 g/mol. The number of hydrogen-bond donors (Lipinski definition) is 2. The molecule has 0 saturated carbocycles. The number of amides is 2. The van der Waals surface area contributed by atoms with E-state index in [1.54, 1.807) is 0 Å². The van der Waals surface area contributed by atoms with Crippen molar-refractivity contribution in [1.29, 1.82) is 0 Å². The van der Waals surface area contributed by atoms with Crippen LogP contribution in [0.15, 0.2) is 30.5 Å². The molecule has 1 unspecified atom stereocenters. The molecule has 4 atom stereocenters. The first-order valence-corrected chi connectivity index (χ1v) is 13.1. The Morgan fingerprint density at radius 1 is 1.11 bits per heavy atom. The van der Waals surface area contributed by atoms with E-state index in [0.29, 0.717) is 37.9 Å². The quantitative estimate of drug-likeness (QED) is 0.675. The van der Waals surface area contributed by atoms with Gasteiger partial charge >= 0.3 is 0 Å². The van der Waals surface area contributed by atoms with Gasteiger partial charge < -0.3 is 15.5 Å². The van der Waals surface area contributed by atoms with E-state index in [9.17, 15) is 9.59 Å². The predicted octanol–water partition coefficient (Wildman–Crippen LogP) is 1.26. The van der Waals surface area contributed by atoms with Crippen LogP contribution in [0.4, 0.5) is 0 Å². The Morgan fingerprint density at radius 2 is 1.83 bits per heavy atom. The number of rotatable bonds is 5. The summed E-state index contributed by atoms with van der Waals surface area (Å²) in [4.78, 5) is 28.3. The Labute approximate surface area is 207 Å². The SMILES string of the molecule is CC(C)(C)c1ccc(-c2cn(C[C@H]3C[C@H]4CC[NH+]3C[C@@H]4C(=O)N3CCC(C(N)=O)CC3)nn2)cc1. The van der Waals surface area contributed by atoms with Crippen molar-refractivity contribution < 1.29 is 14.5 Å². The zero-order valence-corrected chi connectivity index (χ0v) is 21.2. The molecule has 2 aromatic rings. The minimum atomic E-state index is -0.231. The average Bonchev–Trinajstić information content (AvgIpc) is 3.32. The summed E-state index contributed by atoms with van der Waals surface area (Å²) in [5.41, 5.74) is 8.90. The van der Waals surface area contributed by atoms with Gasteiger partial charge in [0, 0.05) is 37.4 Å². The van der Waals surface area contributed by atoms with E-state index < -0.39 is 0 Å². The molecular weight excluding hydrogens is 440 g/mol. The number of piperidine rings is 4. The topological polar surface area (TPSA) is 98.6 Å². The number of likely N-dealkylation sites (tertiary alicyclic amines) is 1. The summed E-state index contributed by atoms with van der Waals surface area (Å²) in [5, 5.41) is 8.87. The minimum absolute atomic E-state index is 0.0791. The lowest BCUT2D eigenvalue weighted by molar-refractivity contribution is -0.945. The van der Waals surface area contributed by atoms with Crippen LogP contribution in [0, 0.1) is 17.8 Å². The molecule has 0 spiro atoms. The van der Waals surface area contributed by atoms with E-state index in [0.717, 1.165) is 43.7 Å². The van der Waals surface area contributed by atoms with Gasteiger partial charge in [0.15, 0.2) is 0 Å². The molecule has 2 bridgehead atoms. The number of nitrogens with two attached hydrogens (primary N) is 1. The molecule has 0 radical (unpaired) electrons. The van der Waals surface area contributed by atoms with Gasteiger partial charge in [-0.2, -0.15) is 0 Å². The Kier molecular flexibility index (Phi) is 6.42. The lowest BCUT2D eigenvalue weighted by Crippen LogP contribution is -3.20. The van der Waals surface area contributed by atoms with Gasteiger partial charge in [0.05, 0.1) is 31.7 Å². The van der Waals surface area contributed by atoms with Gasteiger partial charge in [0.1, 0.15) is 11.7 Å². The first-order valence-electron chi connectivity index (χ1n) is 13.1. The third kappa shape index (κ3) is 4.99. The molecule has 6 rings (SSSR count).